The van der Waals surface area contributed by atoms with Crippen molar-refractivity contribution in [2.75, 3.05) is 5.32 Å². The summed E-state index contributed by atoms with van der Waals surface area (Å²) >= 11 is 11.9. The number of nitrogens with one attached hydrogen (secondary N) is 1. The predicted octanol–water partition coefficient (Wildman–Crippen LogP) is 3.78. The molecule has 1 amide bonds. The van der Waals surface area contributed by atoms with Gasteiger partial charge in [-0.15, -0.1) is 0 Å². The molecular formula is C17H12Cl2F3NO6S. The second-order valence-electron chi connectivity index (χ2n) is 6.10. The van der Waals surface area contributed by atoms with E-state index in [4.69, 9.17) is 28.3 Å². The van der Waals surface area contributed by atoms with Gasteiger partial charge >= 0.3 is 12.1 Å². The first kappa shape index (κ1) is 23.9. The minimum absolute atomic E-state index is 0.159. The monoisotopic (exact) mass is 485 g/mol. The lowest BCUT2D eigenvalue weighted by Crippen LogP contribution is -2.52. The van der Waals surface area contributed by atoms with E-state index in [2.05, 4.69) is 0 Å². The number of amides is 1. The Balaban J connectivity index is 2.43. The average Bonchev–Trinajstić information content (AvgIpc) is 2.64. The highest BCUT2D eigenvalue weighted by Gasteiger charge is 2.55. The number of aromatic carboxylic acids is 1. The first-order chi connectivity index (χ1) is 13.6. The SMILES string of the molecule is C[C@@](O)(C(=O)Nc1ccc(S(=O)(=O)c2ccc(C(=O)O)cc2)c(Cl)c1Cl)C(F)(F)F. The first-order valence-corrected chi connectivity index (χ1v) is 10.0. The van der Waals surface area contributed by atoms with E-state index in [1.807, 2.05) is 0 Å². The highest BCUT2D eigenvalue weighted by molar-refractivity contribution is 7.91. The largest absolute Gasteiger partial charge is 0.478 e. The minimum atomic E-state index is -5.28. The molecule has 0 spiro atoms. The van der Waals surface area contributed by atoms with Gasteiger partial charge in [-0.25, -0.2) is 13.2 Å². The summed E-state index contributed by atoms with van der Waals surface area (Å²) in [5, 5.41) is 18.8. The summed E-state index contributed by atoms with van der Waals surface area (Å²) in [5.41, 5.74) is -4.36. The van der Waals surface area contributed by atoms with Crippen molar-refractivity contribution in [3.05, 3.63) is 52.0 Å². The van der Waals surface area contributed by atoms with Crippen molar-refractivity contribution in [2.45, 2.75) is 28.5 Å². The molecule has 13 heteroatoms. The summed E-state index contributed by atoms with van der Waals surface area (Å²) in [6.45, 7) is 0.234. The number of carbonyl (C=O) groups is 2. The van der Waals surface area contributed by atoms with E-state index in [-0.39, 0.29) is 17.4 Å². The molecule has 0 radical (unpaired) electrons. The van der Waals surface area contributed by atoms with Gasteiger partial charge < -0.3 is 15.5 Å². The van der Waals surface area contributed by atoms with E-state index in [1.54, 1.807) is 5.32 Å². The van der Waals surface area contributed by atoms with Crippen molar-refractivity contribution in [1.29, 1.82) is 0 Å². The Kier molecular flexibility index (Phi) is 6.43. The number of halogens is 5. The maximum atomic E-state index is 12.8. The van der Waals surface area contributed by atoms with Crippen LogP contribution in [0.4, 0.5) is 18.9 Å². The molecule has 0 aromatic heterocycles. The summed E-state index contributed by atoms with van der Waals surface area (Å²) in [6.07, 6.45) is -5.28. The van der Waals surface area contributed by atoms with E-state index in [0.29, 0.717) is 0 Å². The number of carbonyl (C=O) groups excluding carboxylic acids is 1. The Morgan fingerprint density at radius 2 is 1.53 bits per heavy atom. The molecule has 162 valence electrons. The molecule has 0 unspecified atom stereocenters. The number of benzene rings is 2. The molecule has 1 atom stereocenters. The zero-order valence-corrected chi connectivity index (χ0v) is 17.1. The summed E-state index contributed by atoms with van der Waals surface area (Å²) in [4.78, 5) is 21.8. The fourth-order valence-electron chi connectivity index (χ4n) is 2.11. The van der Waals surface area contributed by atoms with Crippen molar-refractivity contribution in [1.82, 2.24) is 0 Å². The minimum Gasteiger partial charge on any atom is -0.478 e. The van der Waals surface area contributed by atoms with E-state index >= 15 is 0 Å². The van der Waals surface area contributed by atoms with Gasteiger partial charge in [0.2, 0.25) is 15.4 Å². The van der Waals surface area contributed by atoms with Crippen LogP contribution in [0.1, 0.15) is 17.3 Å². The van der Waals surface area contributed by atoms with Gasteiger partial charge in [0.1, 0.15) is 0 Å². The molecule has 2 rings (SSSR count). The number of carboxylic acid groups (broad SMARTS) is 1. The predicted molar refractivity (Wildman–Crippen MR) is 101 cm³/mol. The topological polar surface area (TPSA) is 121 Å². The van der Waals surface area contributed by atoms with Gasteiger partial charge in [-0.1, -0.05) is 23.2 Å². The van der Waals surface area contributed by atoms with Crippen LogP contribution in [0.5, 0.6) is 0 Å². The first-order valence-electron chi connectivity index (χ1n) is 7.77. The smallest absolute Gasteiger partial charge is 0.426 e. The number of alkyl halides is 3. The molecule has 0 aliphatic carbocycles. The van der Waals surface area contributed by atoms with Gasteiger partial charge in [-0.05, 0) is 43.3 Å². The van der Waals surface area contributed by atoms with Crippen LogP contribution in [0.25, 0.3) is 0 Å². The fraction of sp³-hybridized carbons (Fsp3) is 0.176. The van der Waals surface area contributed by atoms with E-state index in [0.717, 1.165) is 36.4 Å². The lowest BCUT2D eigenvalue weighted by molar-refractivity contribution is -0.242. The zero-order chi connectivity index (χ0) is 23.1. The third-order valence-corrected chi connectivity index (χ3v) is 6.80. The number of hydrogen-bond acceptors (Lipinski definition) is 5. The van der Waals surface area contributed by atoms with Crippen LogP contribution < -0.4 is 5.32 Å². The highest BCUT2D eigenvalue weighted by Crippen LogP contribution is 2.39. The van der Waals surface area contributed by atoms with Crippen molar-refractivity contribution in [3.63, 3.8) is 0 Å². The maximum absolute atomic E-state index is 12.8. The molecule has 0 fully saturated rings. The lowest BCUT2D eigenvalue weighted by Gasteiger charge is -2.25. The normalized spacial score (nSPS) is 14.1. The molecule has 2 aromatic rings. The molecule has 30 heavy (non-hydrogen) atoms. The van der Waals surface area contributed by atoms with Crippen molar-refractivity contribution < 1.29 is 41.4 Å². The van der Waals surface area contributed by atoms with Crippen LogP contribution in [0.2, 0.25) is 10.0 Å². The third-order valence-electron chi connectivity index (χ3n) is 3.99. The van der Waals surface area contributed by atoms with Gasteiger partial charge in [0.05, 0.1) is 31.1 Å². The number of aliphatic hydroxyl groups is 1. The van der Waals surface area contributed by atoms with Gasteiger partial charge in [0, 0.05) is 0 Å². The van der Waals surface area contributed by atoms with E-state index < -0.39 is 54.1 Å². The highest BCUT2D eigenvalue weighted by atomic mass is 35.5. The fourth-order valence-corrected chi connectivity index (χ4v) is 4.18. The van der Waals surface area contributed by atoms with Crippen molar-refractivity contribution in [3.8, 4) is 0 Å². The molecule has 0 bridgehead atoms. The van der Waals surface area contributed by atoms with Crippen molar-refractivity contribution in [2.24, 2.45) is 0 Å². The molecule has 3 N–H and O–H groups in total. The number of anilines is 1. The van der Waals surface area contributed by atoms with Gasteiger partial charge in [-0.3, -0.25) is 4.79 Å². The second kappa shape index (κ2) is 8.06. The van der Waals surface area contributed by atoms with E-state index in [1.165, 1.54) is 0 Å². The van der Waals surface area contributed by atoms with Crippen LogP contribution >= 0.6 is 23.2 Å². The second-order valence-corrected chi connectivity index (χ2v) is 8.77. The zero-order valence-electron chi connectivity index (χ0n) is 14.8. The molecular weight excluding hydrogens is 474 g/mol. The quantitative estimate of drug-likeness (QED) is 0.592. The maximum Gasteiger partial charge on any atom is 0.426 e. The molecule has 0 aliphatic rings. The molecule has 2 aromatic carbocycles. The van der Waals surface area contributed by atoms with Gasteiger partial charge in [-0.2, -0.15) is 13.2 Å². The number of rotatable bonds is 5. The standard InChI is InChI=1S/C17H12Cl2F3NO6S/c1-16(27,17(20,21)22)15(26)23-10-6-7-11(13(19)12(10)18)30(28,29)9-4-2-8(3-5-9)14(24)25/h2-7,27H,1H3,(H,23,26)(H,24,25)/t16-/m1/s1. The van der Waals surface area contributed by atoms with Crippen LogP contribution in [-0.4, -0.2) is 42.3 Å². The molecule has 7 nitrogen and oxygen atoms in total. The molecule has 0 saturated carbocycles. The third kappa shape index (κ3) is 4.38. The summed E-state index contributed by atoms with van der Waals surface area (Å²) < 4.78 is 63.8. The molecule has 0 heterocycles. The molecule has 0 saturated heterocycles. The van der Waals surface area contributed by atoms with Gasteiger partial charge in [0.25, 0.3) is 5.91 Å². The Morgan fingerprint density at radius 3 is 2.00 bits per heavy atom. The number of carboxylic acids is 1. The Bertz CT molecular complexity index is 1120. The number of hydrogen-bond donors (Lipinski definition) is 3. The van der Waals surface area contributed by atoms with Gasteiger partial charge in [0.15, 0.2) is 0 Å². The lowest BCUT2D eigenvalue weighted by atomic mass is 10.1. The Morgan fingerprint density at radius 1 is 1.00 bits per heavy atom. The van der Waals surface area contributed by atoms with Crippen LogP contribution in [0, 0.1) is 0 Å². The summed E-state index contributed by atoms with van der Waals surface area (Å²) in [5.74, 6) is -3.12. The van der Waals surface area contributed by atoms with Crippen molar-refractivity contribution >= 4 is 50.6 Å². The van der Waals surface area contributed by atoms with Crippen LogP contribution in [0.15, 0.2) is 46.2 Å². The summed E-state index contributed by atoms with van der Waals surface area (Å²) in [7, 11) is -4.28. The number of sulfone groups is 1. The summed E-state index contributed by atoms with van der Waals surface area (Å²) in [6, 6.07) is 5.96. The Labute approximate surface area is 178 Å². The van der Waals surface area contributed by atoms with Crippen LogP contribution in [-0.2, 0) is 14.6 Å². The van der Waals surface area contributed by atoms with E-state index in [9.17, 15) is 36.3 Å². The molecule has 0 aliphatic heterocycles. The average molecular weight is 486 g/mol. The Hall–Kier alpha value is -2.34. The van der Waals surface area contributed by atoms with Crippen LogP contribution in [0.3, 0.4) is 0 Å².